The van der Waals surface area contributed by atoms with Crippen molar-refractivity contribution in [3.8, 4) is 5.88 Å². The van der Waals surface area contributed by atoms with Gasteiger partial charge in [-0.1, -0.05) is 6.58 Å². The number of nitrogens with one attached hydrogen (secondary N) is 2. The van der Waals surface area contributed by atoms with Crippen LogP contribution in [0, 0.1) is 17.5 Å². The largest absolute Gasteiger partial charge is 0.480 e. The van der Waals surface area contributed by atoms with Crippen molar-refractivity contribution < 1.29 is 26.3 Å². The molecule has 4 rings (SSSR count). The summed E-state index contributed by atoms with van der Waals surface area (Å²) >= 11 is 0. The average Bonchev–Trinajstić information content (AvgIpc) is 3.40. The lowest BCUT2D eigenvalue weighted by Gasteiger charge is -2.23. The first-order valence-corrected chi connectivity index (χ1v) is 11.7. The third-order valence-corrected chi connectivity index (χ3v) is 6.49. The molecule has 2 N–H and O–H groups in total. The summed E-state index contributed by atoms with van der Waals surface area (Å²) in [6, 6.07) is 2.45. The van der Waals surface area contributed by atoms with Crippen LogP contribution in [0.25, 0.3) is 5.57 Å². The Hall–Kier alpha value is -4.39. The van der Waals surface area contributed by atoms with Gasteiger partial charge in [-0.3, -0.25) is 4.72 Å². The summed E-state index contributed by atoms with van der Waals surface area (Å²) in [5.74, 6) is -3.00. The summed E-state index contributed by atoms with van der Waals surface area (Å²) < 4.78 is 76.4. The number of nitrogens with zero attached hydrogens (tertiary/aromatic N) is 4. The number of hydrazone groups is 1. The molecular weight excluding hydrogens is 497 g/mol. The minimum Gasteiger partial charge on any atom is -0.480 e. The molecule has 0 amide bonds. The SMILES string of the molecule is C=CN1N=C(c2c(F)ccc(NS(=O)(=O)c3cc(F)cnc3OC)c2F)C=C/C1=C(/C)c1ncc[nH]1. The number of ether oxygens (including phenoxy) is 1. The minimum absolute atomic E-state index is 0.132. The van der Waals surface area contributed by atoms with E-state index >= 15 is 4.39 Å². The van der Waals surface area contributed by atoms with Crippen LogP contribution in [-0.4, -0.2) is 41.2 Å². The molecule has 0 radical (unpaired) electrons. The molecule has 0 bridgehead atoms. The van der Waals surface area contributed by atoms with Crippen molar-refractivity contribution in [3.05, 3.63) is 96.3 Å². The lowest BCUT2D eigenvalue weighted by Crippen LogP contribution is -2.20. The fourth-order valence-electron chi connectivity index (χ4n) is 3.42. The Morgan fingerprint density at radius 3 is 2.67 bits per heavy atom. The highest BCUT2D eigenvalue weighted by Gasteiger charge is 2.27. The van der Waals surface area contributed by atoms with Gasteiger partial charge in [-0.25, -0.2) is 36.6 Å². The first-order chi connectivity index (χ1) is 17.2. The van der Waals surface area contributed by atoms with E-state index in [1.165, 1.54) is 17.3 Å². The number of allylic oxidation sites excluding steroid dienone is 3. The summed E-state index contributed by atoms with van der Waals surface area (Å²) in [7, 11) is -3.42. The molecule has 0 atom stereocenters. The number of sulfonamides is 1. The number of rotatable bonds is 7. The van der Waals surface area contributed by atoms with Crippen molar-refractivity contribution in [1.82, 2.24) is 20.0 Å². The summed E-state index contributed by atoms with van der Waals surface area (Å²) in [6.07, 6.45) is 8.28. The van der Waals surface area contributed by atoms with Crippen molar-refractivity contribution in [3.63, 3.8) is 0 Å². The van der Waals surface area contributed by atoms with E-state index in [4.69, 9.17) is 4.74 Å². The van der Waals surface area contributed by atoms with Crippen molar-refractivity contribution >= 4 is 27.0 Å². The topological polar surface area (TPSA) is 113 Å². The van der Waals surface area contributed by atoms with Gasteiger partial charge in [-0.15, -0.1) is 0 Å². The van der Waals surface area contributed by atoms with E-state index in [0.717, 1.165) is 25.4 Å². The monoisotopic (exact) mass is 516 g/mol. The van der Waals surface area contributed by atoms with Gasteiger partial charge in [0.1, 0.15) is 17.5 Å². The first-order valence-electron chi connectivity index (χ1n) is 10.3. The molecule has 1 aliphatic rings. The molecule has 13 heteroatoms. The predicted molar refractivity (Wildman–Crippen MR) is 127 cm³/mol. The maximum atomic E-state index is 15.5. The van der Waals surface area contributed by atoms with Gasteiger partial charge in [0, 0.05) is 30.2 Å². The first kappa shape index (κ1) is 24.7. The molecule has 3 heterocycles. The van der Waals surface area contributed by atoms with Crippen molar-refractivity contribution in [2.24, 2.45) is 5.10 Å². The number of aromatic nitrogens is 3. The number of imidazole rings is 1. The van der Waals surface area contributed by atoms with Gasteiger partial charge in [0.25, 0.3) is 10.0 Å². The maximum Gasteiger partial charge on any atom is 0.267 e. The molecule has 3 aromatic rings. The van der Waals surface area contributed by atoms with E-state index in [1.807, 2.05) is 4.72 Å². The molecule has 0 unspecified atom stereocenters. The Morgan fingerprint density at radius 1 is 1.22 bits per heavy atom. The second-order valence-corrected chi connectivity index (χ2v) is 8.99. The zero-order valence-corrected chi connectivity index (χ0v) is 19.8. The van der Waals surface area contributed by atoms with E-state index in [-0.39, 0.29) is 5.71 Å². The summed E-state index contributed by atoms with van der Waals surface area (Å²) in [6.45, 7) is 5.47. The predicted octanol–water partition coefficient (Wildman–Crippen LogP) is 4.18. The van der Waals surface area contributed by atoms with Crippen LogP contribution < -0.4 is 9.46 Å². The molecule has 0 spiro atoms. The number of pyridine rings is 1. The normalized spacial score (nSPS) is 14.9. The standard InChI is InChI=1S/C23H19F3N6O3S/c1-4-32-18(13(2)22-27-9-10-28-22)8-7-16(30-32)20-15(25)5-6-17(21(20)26)31-36(33,34)19-11-14(24)12-29-23(19)35-3/h4-12,31H,1H2,2-3H3,(H,27,28)/b18-13+. The van der Waals surface area contributed by atoms with Crippen LogP contribution in [0.5, 0.6) is 5.88 Å². The minimum atomic E-state index is -4.56. The van der Waals surface area contributed by atoms with Crippen molar-refractivity contribution in [1.29, 1.82) is 0 Å². The zero-order valence-electron chi connectivity index (χ0n) is 19.0. The highest BCUT2D eigenvalue weighted by atomic mass is 32.2. The maximum absolute atomic E-state index is 15.5. The number of benzene rings is 1. The average molecular weight is 517 g/mol. The molecule has 9 nitrogen and oxygen atoms in total. The molecule has 0 saturated heterocycles. The van der Waals surface area contributed by atoms with Crippen LogP contribution in [0.1, 0.15) is 18.3 Å². The number of hydrogen-bond donors (Lipinski definition) is 2. The third-order valence-electron chi connectivity index (χ3n) is 5.13. The Kier molecular flexibility index (Phi) is 6.66. The summed E-state index contributed by atoms with van der Waals surface area (Å²) in [4.78, 5) is 10.0. The smallest absolute Gasteiger partial charge is 0.267 e. The third kappa shape index (κ3) is 4.60. The van der Waals surface area contributed by atoms with E-state index in [9.17, 15) is 17.2 Å². The highest BCUT2D eigenvalue weighted by molar-refractivity contribution is 7.92. The van der Waals surface area contributed by atoms with Crippen LogP contribution in [0.15, 0.2) is 77.4 Å². The van der Waals surface area contributed by atoms with Gasteiger partial charge in [0.15, 0.2) is 10.7 Å². The number of H-pyrrole nitrogens is 1. The Balaban J connectivity index is 1.74. The van der Waals surface area contributed by atoms with Gasteiger partial charge in [0.2, 0.25) is 5.88 Å². The second kappa shape index (κ2) is 9.70. The van der Waals surface area contributed by atoms with E-state index in [0.29, 0.717) is 23.2 Å². The van der Waals surface area contributed by atoms with Gasteiger partial charge >= 0.3 is 0 Å². The molecule has 0 saturated carbocycles. The van der Waals surface area contributed by atoms with Crippen LogP contribution in [0.4, 0.5) is 18.9 Å². The van der Waals surface area contributed by atoms with E-state index in [2.05, 4.69) is 26.6 Å². The van der Waals surface area contributed by atoms with Gasteiger partial charge in [-0.2, -0.15) is 5.10 Å². The van der Waals surface area contributed by atoms with E-state index in [1.54, 1.807) is 25.4 Å². The number of anilines is 1. The molecule has 0 fully saturated rings. The summed E-state index contributed by atoms with van der Waals surface area (Å²) in [5, 5.41) is 5.56. The Bertz CT molecular complexity index is 1530. The number of halogens is 3. The summed E-state index contributed by atoms with van der Waals surface area (Å²) in [5.41, 5.74) is -0.0671. The van der Waals surface area contributed by atoms with Gasteiger partial charge in [0.05, 0.1) is 36.0 Å². The fourth-order valence-corrected chi connectivity index (χ4v) is 4.61. The molecular formula is C23H19F3N6O3S. The zero-order chi connectivity index (χ0) is 26.0. The van der Waals surface area contributed by atoms with Crippen LogP contribution in [0.3, 0.4) is 0 Å². The van der Waals surface area contributed by atoms with Crippen molar-refractivity contribution in [2.75, 3.05) is 11.8 Å². The van der Waals surface area contributed by atoms with E-state index < -0.39 is 49.5 Å². The number of hydrogen-bond acceptors (Lipinski definition) is 7. The molecule has 1 aromatic carbocycles. The van der Waals surface area contributed by atoms with Gasteiger partial charge < -0.3 is 9.72 Å². The number of aromatic amines is 1. The van der Waals surface area contributed by atoms with Gasteiger partial charge in [-0.05, 0) is 31.2 Å². The number of methoxy groups -OCH3 is 1. The molecule has 0 aliphatic carbocycles. The van der Waals surface area contributed by atoms with Crippen LogP contribution in [-0.2, 0) is 10.0 Å². The Labute approximate surface area is 204 Å². The lowest BCUT2D eigenvalue weighted by molar-refractivity contribution is 0.382. The molecule has 36 heavy (non-hydrogen) atoms. The molecule has 1 aliphatic heterocycles. The van der Waals surface area contributed by atoms with Crippen LogP contribution >= 0.6 is 0 Å². The highest BCUT2D eigenvalue weighted by Crippen LogP contribution is 2.30. The molecule has 2 aromatic heterocycles. The quantitative estimate of drug-likeness (QED) is 0.487. The van der Waals surface area contributed by atoms with Crippen LogP contribution in [0.2, 0.25) is 0 Å². The fraction of sp³-hybridized carbons (Fsp3) is 0.0870. The van der Waals surface area contributed by atoms with Crippen molar-refractivity contribution in [2.45, 2.75) is 11.8 Å². The molecule has 186 valence electrons. The second-order valence-electron chi connectivity index (χ2n) is 7.34. The Morgan fingerprint density at radius 2 is 2.00 bits per heavy atom. The lowest BCUT2D eigenvalue weighted by atomic mass is 10.0.